The molecule has 31 heavy (non-hydrogen) atoms. The SMILES string of the molecule is CCCCCCCCc1ccc2c(CCCCCCCC)ccc(S(=O)(=O)[O-])c2c1.[K+]. The fraction of sp³-hybridized carbons (Fsp3) is 0.615. The van der Waals surface area contributed by atoms with Crippen molar-refractivity contribution in [3.05, 3.63) is 41.5 Å². The zero-order valence-electron chi connectivity index (χ0n) is 19.9. The van der Waals surface area contributed by atoms with Crippen molar-refractivity contribution < 1.29 is 64.4 Å². The maximum absolute atomic E-state index is 11.8. The maximum atomic E-state index is 11.8. The van der Waals surface area contributed by atoms with E-state index in [4.69, 9.17) is 0 Å². The minimum Gasteiger partial charge on any atom is -0.744 e. The number of fused-ring (bicyclic) bond motifs is 1. The Morgan fingerprint density at radius 2 is 1.23 bits per heavy atom. The first kappa shape index (κ1) is 29.3. The van der Waals surface area contributed by atoms with E-state index in [-0.39, 0.29) is 56.3 Å². The predicted molar refractivity (Wildman–Crippen MR) is 126 cm³/mol. The van der Waals surface area contributed by atoms with Crippen molar-refractivity contribution in [2.75, 3.05) is 0 Å². The Morgan fingerprint density at radius 3 is 1.81 bits per heavy atom. The Kier molecular flexibility index (Phi) is 15.1. The van der Waals surface area contributed by atoms with Crippen LogP contribution in [-0.4, -0.2) is 13.0 Å². The summed E-state index contributed by atoms with van der Waals surface area (Å²) >= 11 is 0. The molecule has 0 spiro atoms. The topological polar surface area (TPSA) is 57.2 Å². The molecule has 0 atom stereocenters. The minimum absolute atomic E-state index is 0. The molecular formula is C26H39KO3S. The molecule has 0 heterocycles. The Bertz CT molecular complexity index is 878. The van der Waals surface area contributed by atoms with Gasteiger partial charge in [-0.1, -0.05) is 96.3 Å². The zero-order valence-corrected chi connectivity index (χ0v) is 23.9. The maximum Gasteiger partial charge on any atom is 1.00 e. The van der Waals surface area contributed by atoms with Crippen LogP contribution in [0.15, 0.2) is 35.2 Å². The molecule has 0 saturated heterocycles. The van der Waals surface area contributed by atoms with Crippen LogP contribution in [0.1, 0.15) is 102 Å². The number of aryl methyl sites for hydroxylation is 2. The Morgan fingerprint density at radius 1 is 0.677 bits per heavy atom. The molecule has 0 aliphatic carbocycles. The molecule has 0 bridgehead atoms. The minimum atomic E-state index is -4.48. The van der Waals surface area contributed by atoms with Crippen molar-refractivity contribution in [2.24, 2.45) is 0 Å². The van der Waals surface area contributed by atoms with Gasteiger partial charge in [0.15, 0.2) is 0 Å². The first-order valence-corrected chi connectivity index (χ1v) is 13.4. The molecule has 0 fully saturated rings. The summed E-state index contributed by atoms with van der Waals surface area (Å²) in [5, 5.41) is 1.53. The van der Waals surface area contributed by atoms with E-state index in [1.165, 1.54) is 70.3 Å². The summed E-state index contributed by atoms with van der Waals surface area (Å²) in [5.41, 5.74) is 2.28. The molecule has 0 unspecified atom stereocenters. The van der Waals surface area contributed by atoms with Gasteiger partial charge >= 0.3 is 51.4 Å². The van der Waals surface area contributed by atoms with Crippen molar-refractivity contribution in [3.63, 3.8) is 0 Å². The molecule has 5 heteroatoms. The summed E-state index contributed by atoms with van der Waals surface area (Å²) in [5.74, 6) is 0. The second-order valence-corrected chi connectivity index (χ2v) is 9.94. The van der Waals surface area contributed by atoms with Crippen molar-refractivity contribution in [3.8, 4) is 0 Å². The summed E-state index contributed by atoms with van der Waals surface area (Å²) in [4.78, 5) is -0.0750. The van der Waals surface area contributed by atoms with Gasteiger partial charge in [0, 0.05) is 0 Å². The molecule has 0 aromatic heterocycles. The first-order chi connectivity index (χ1) is 14.5. The molecular weight excluding hydrogens is 431 g/mol. The van der Waals surface area contributed by atoms with E-state index in [0.29, 0.717) is 5.39 Å². The van der Waals surface area contributed by atoms with Crippen molar-refractivity contribution >= 4 is 20.9 Å². The van der Waals surface area contributed by atoms with E-state index in [1.807, 2.05) is 18.2 Å². The van der Waals surface area contributed by atoms with Crippen LogP contribution in [0.2, 0.25) is 0 Å². The average Bonchev–Trinajstić information content (AvgIpc) is 2.72. The van der Waals surface area contributed by atoms with Crippen LogP contribution >= 0.6 is 0 Å². The monoisotopic (exact) mass is 470 g/mol. The fourth-order valence-corrected chi connectivity index (χ4v) is 4.90. The van der Waals surface area contributed by atoms with Crippen LogP contribution in [0.5, 0.6) is 0 Å². The normalized spacial score (nSPS) is 11.6. The van der Waals surface area contributed by atoms with Gasteiger partial charge in [0.25, 0.3) is 0 Å². The van der Waals surface area contributed by atoms with Crippen LogP contribution < -0.4 is 51.4 Å². The summed E-state index contributed by atoms with van der Waals surface area (Å²) < 4.78 is 35.5. The Labute approximate surface area is 233 Å². The van der Waals surface area contributed by atoms with E-state index in [2.05, 4.69) is 19.9 Å². The molecule has 0 N–H and O–H groups in total. The standard InChI is InChI=1S/C26H40O3S.K/c1-3-5-7-9-11-13-15-22-17-19-24-23(16-14-12-10-8-6-4-2)18-20-26(25(24)21-22)30(27,28)29;/h17-21H,3-16H2,1-2H3,(H,27,28,29);/q;+1/p-1. The Balaban J connectivity index is 0.00000480. The van der Waals surface area contributed by atoms with Crippen LogP contribution in [0.25, 0.3) is 10.8 Å². The van der Waals surface area contributed by atoms with E-state index in [9.17, 15) is 13.0 Å². The van der Waals surface area contributed by atoms with Gasteiger partial charge in [-0.05, 0) is 59.7 Å². The van der Waals surface area contributed by atoms with Gasteiger partial charge in [-0.3, -0.25) is 0 Å². The number of rotatable bonds is 15. The fourth-order valence-electron chi connectivity index (χ4n) is 4.23. The van der Waals surface area contributed by atoms with Gasteiger partial charge in [0.05, 0.1) is 4.90 Å². The largest absolute Gasteiger partial charge is 1.00 e. The summed E-state index contributed by atoms with van der Waals surface area (Å²) in [6.07, 6.45) is 16.6. The molecule has 0 radical (unpaired) electrons. The van der Waals surface area contributed by atoms with Crippen LogP contribution in [0, 0.1) is 0 Å². The summed E-state index contributed by atoms with van der Waals surface area (Å²) in [6.45, 7) is 4.44. The molecule has 0 amide bonds. The number of hydrogen-bond acceptors (Lipinski definition) is 3. The third-order valence-corrected chi connectivity index (χ3v) is 6.91. The molecule has 2 aromatic rings. The summed E-state index contributed by atoms with van der Waals surface area (Å²) in [6, 6.07) is 9.44. The van der Waals surface area contributed by atoms with Gasteiger partial charge in [-0.2, -0.15) is 0 Å². The predicted octanol–water partition coefficient (Wildman–Crippen LogP) is 4.55. The smallest absolute Gasteiger partial charge is 0.744 e. The van der Waals surface area contributed by atoms with Crippen LogP contribution in [0.3, 0.4) is 0 Å². The van der Waals surface area contributed by atoms with E-state index >= 15 is 0 Å². The third kappa shape index (κ3) is 10.4. The average molecular weight is 471 g/mol. The zero-order chi connectivity index (χ0) is 21.8. The molecule has 0 aliphatic heterocycles. The second kappa shape index (κ2) is 16.0. The van der Waals surface area contributed by atoms with Crippen molar-refractivity contribution in [2.45, 2.75) is 109 Å². The summed E-state index contributed by atoms with van der Waals surface area (Å²) in [7, 11) is -4.48. The van der Waals surface area contributed by atoms with E-state index in [0.717, 1.165) is 42.2 Å². The molecule has 2 aromatic carbocycles. The quantitative estimate of drug-likeness (QED) is 0.218. The van der Waals surface area contributed by atoms with Gasteiger partial charge in [-0.15, -0.1) is 0 Å². The second-order valence-electron chi connectivity index (χ2n) is 8.59. The molecule has 168 valence electrons. The van der Waals surface area contributed by atoms with E-state index in [1.54, 1.807) is 0 Å². The third-order valence-electron chi connectivity index (χ3n) is 6.02. The molecule has 0 aliphatic rings. The molecule has 3 nitrogen and oxygen atoms in total. The van der Waals surface area contributed by atoms with Crippen molar-refractivity contribution in [1.29, 1.82) is 0 Å². The Hall–Kier alpha value is 0.246. The number of unbranched alkanes of at least 4 members (excludes halogenated alkanes) is 10. The number of hydrogen-bond donors (Lipinski definition) is 0. The van der Waals surface area contributed by atoms with Crippen LogP contribution in [0.4, 0.5) is 0 Å². The van der Waals surface area contributed by atoms with Gasteiger partial charge < -0.3 is 4.55 Å². The first-order valence-electron chi connectivity index (χ1n) is 12.0. The van der Waals surface area contributed by atoms with Gasteiger partial charge in [-0.25, -0.2) is 8.42 Å². The van der Waals surface area contributed by atoms with Crippen LogP contribution in [-0.2, 0) is 23.0 Å². The van der Waals surface area contributed by atoms with Gasteiger partial charge in [0.2, 0.25) is 0 Å². The van der Waals surface area contributed by atoms with Crippen molar-refractivity contribution in [1.82, 2.24) is 0 Å². The molecule has 0 saturated carbocycles. The van der Waals surface area contributed by atoms with Gasteiger partial charge in [0.1, 0.15) is 10.1 Å². The van der Waals surface area contributed by atoms with E-state index < -0.39 is 10.1 Å². The number of benzene rings is 2. The molecule has 2 rings (SSSR count).